The number of aryl methyl sites for hydroxylation is 1. The molecule has 0 radical (unpaired) electrons. The molecule has 0 saturated heterocycles. The van der Waals surface area contributed by atoms with Gasteiger partial charge in [-0.25, -0.2) is 4.98 Å². The van der Waals surface area contributed by atoms with Crippen LogP contribution in [0.3, 0.4) is 0 Å². The summed E-state index contributed by atoms with van der Waals surface area (Å²) in [6.45, 7) is 3.42. The second-order valence-corrected chi connectivity index (χ2v) is 5.39. The number of fused-ring (bicyclic) bond motifs is 1. The number of benzene rings is 1. The van der Waals surface area contributed by atoms with E-state index in [9.17, 15) is 4.79 Å². The van der Waals surface area contributed by atoms with Crippen molar-refractivity contribution in [1.82, 2.24) is 4.98 Å². The molecular weight excluding hydrogens is 260 g/mol. The van der Waals surface area contributed by atoms with Gasteiger partial charge in [0.2, 0.25) is 0 Å². The van der Waals surface area contributed by atoms with Crippen molar-refractivity contribution in [3.05, 3.63) is 34.8 Å². The maximum Gasteiger partial charge on any atom is 0.190 e. The normalized spacial score (nSPS) is 14.5. The fourth-order valence-corrected chi connectivity index (χ4v) is 3.07. The SMILES string of the molecule is Cc1nc(N2CCCOc3ccccc32)sc1C=O. The molecule has 0 fully saturated rings. The predicted molar refractivity (Wildman–Crippen MR) is 75.8 cm³/mol. The Hall–Kier alpha value is -1.88. The van der Waals surface area contributed by atoms with Crippen LogP contribution in [-0.4, -0.2) is 24.4 Å². The molecule has 0 atom stereocenters. The van der Waals surface area contributed by atoms with Crippen LogP contribution in [0.1, 0.15) is 21.8 Å². The van der Waals surface area contributed by atoms with Gasteiger partial charge in [0, 0.05) is 6.54 Å². The van der Waals surface area contributed by atoms with E-state index in [-0.39, 0.29) is 0 Å². The van der Waals surface area contributed by atoms with Crippen molar-refractivity contribution >= 4 is 28.4 Å². The zero-order chi connectivity index (χ0) is 13.2. The largest absolute Gasteiger partial charge is 0.491 e. The lowest BCUT2D eigenvalue weighted by Gasteiger charge is -2.20. The quantitative estimate of drug-likeness (QED) is 0.789. The molecule has 1 aromatic carbocycles. The van der Waals surface area contributed by atoms with Crippen molar-refractivity contribution in [2.45, 2.75) is 13.3 Å². The van der Waals surface area contributed by atoms with E-state index < -0.39 is 0 Å². The Morgan fingerprint density at radius 1 is 1.42 bits per heavy atom. The summed E-state index contributed by atoms with van der Waals surface area (Å²) in [5.74, 6) is 0.875. The number of rotatable bonds is 2. The van der Waals surface area contributed by atoms with E-state index in [4.69, 9.17) is 4.74 Å². The van der Waals surface area contributed by atoms with Gasteiger partial charge in [0.25, 0.3) is 0 Å². The Kier molecular flexibility index (Phi) is 3.21. The fourth-order valence-electron chi connectivity index (χ4n) is 2.14. The van der Waals surface area contributed by atoms with Gasteiger partial charge in [-0.15, -0.1) is 0 Å². The summed E-state index contributed by atoms with van der Waals surface area (Å²) in [7, 11) is 0. The second kappa shape index (κ2) is 5.01. The van der Waals surface area contributed by atoms with E-state index in [1.807, 2.05) is 31.2 Å². The van der Waals surface area contributed by atoms with E-state index in [1.165, 1.54) is 11.3 Å². The van der Waals surface area contributed by atoms with Gasteiger partial charge in [-0.2, -0.15) is 0 Å². The Morgan fingerprint density at radius 3 is 3.05 bits per heavy atom. The Morgan fingerprint density at radius 2 is 2.26 bits per heavy atom. The first kappa shape index (κ1) is 12.2. The zero-order valence-electron chi connectivity index (χ0n) is 10.6. The van der Waals surface area contributed by atoms with Gasteiger partial charge in [-0.1, -0.05) is 23.5 Å². The standard InChI is InChI=1S/C14H14N2O2S/c1-10-13(9-17)19-14(15-10)16-7-4-8-18-12-6-3-2-5-11(12)16/h2-3,5-6,9H,4,7-8H2,1H3. The Bertz CT molecular complexity index is 609. The van der Waals surface area contributed by atoms with E-state index in [2.05, 4.69) is 9.88 Å². The first-order chi connectivity index (χ1) is 9.29. The molecule has 4 nitrogen and oxygen atoms in total. The third kappa shape index (κ3) is 2.21. The molecule has 0 bridgehead atoms. The van der Waals surface area contributed by atoms with Crippen LogP contribution in [0.15, 0.2) is 24.3 Å². The maximum atomic E-state index is 11.0. The number of aromatic nitrogens is 1. The molecule has 0 amide bonds. The van der Waals surface area contributed by atoms with E-state index in [1.54, 1.807) is 0 Å². The van der Waals surface area contributed by atoms with Gasteiger partial charge in [0.1, 0.15) is 5.75 Å². The third-order valence-corrected chi connectivity index (χ3v) is 4.20. The highest BCUT2D eigenvalue weighted by Gasteiger charge is 2.21. The third-order valence-electron chi connectivity index (χ3n) is 3.10. The number of hydrogen-bond acceptors (Lipinski definition) is 5. The summed E-state index contributed by atoms with van der Waals surface area (Å²) >= 11 is 1.43. The zero-order valence-corrected chi connectivity index (χ0v) is 11.4. The van der Waals surface area contributed by atoms with Crippen LogP contribution >= 0.6 is 11.3 Å². The highest BCUT2D eigenvalue weighted by Crippen LogP contribution is 2.37. The predicted octanol–water partition coefficient (Wildman–Crippen LogP) is 3.18. The average Bonchev–Trinajstić information content (AvgIpc) is 2.68. The monoisotopic (exact) mass is 274 g/mol. The van der Waals surface area contributed by atoms with Crippen molar-refractivity contribution in [2.75, 3.05) is 18.1 Å². The number of aldehydes is 1. The molecular formula is C14H14N2O2S. The Balaban J connectivity index is 2.06. The summed E-state index contributed by atoms with van der Waals surface area (Å²) in [5.41, 5.74) is 1.81. The van der Waals surface area contributed by atoms with Gasteiger partial charge in [0.15, 0.2) is 11.4 Å². The van der Waals surface area contributed by atoms with E-state index >= 15 is 0 Å². The second-order valence-electron chi connectivity index (χ2n) is 4.39. The van der Waals surface area contributed by atoms with Gasteiger partial charge in [-0.05, 0) is 25.5 Å². The van der Waals surface area contributed by atoms with Crippen LogP contribution < -0.4 is 9.64 Å². The van der Waals surface area contributed by atoms with Crippen LogP contribution in [0.25, 0.3) is 0 Å². The number of hydrogen-bond donors (Lipinski definition) is 0. The van der Waals surface area contributed by atoms with E-state index in [0.29, 0.717) is 11.5 Å². The van der Waals surface area contributed by atoms with Gasteiger partial charge in [0.05, 0.1) is 22.9 Å². The van der Waals surface area contributed by atoms with Crippen LogP contribution in [0.5, 0.6) is 5.75 Å². The number of nitrogens with zero attached hydrogens (tertiary/aromatic N) is 2. The number of ether oxygens (including phenoxy) is 1. The summed E-state index contributed by atoms with van der Waals surface area (Å²) in [4.78, 5) is 18.3. The van der Waals surface area contributed by atoms with Crippen molar-refractivity contribution in [3.8, 4) is 5.75 Å². The molecule has 0 saturated carbocycles. The van der Waals surface area contributed by atoms with E-state index in [0.717, 1.165) is 41.5 Å². The molecule has 0 spiro atoms. The Labute approximate surface area is 115 Å². The van der Waals surface area contributed by atoms with Crippen LogP contribution in [-0.2, 0) is 0 Å². The molecule has 0 unspecified atom stereocenters. The van der Waals surface area contributed by atoms with Gasteiger partial charge < -0.3 is 9.64 Å². The first-order valence-electron chi connectivity index (χ1n) is 6.21. The molecule has 5 heteroatoms. The van der Waals surface area contributed by atoms with Crippen LogP contribution in [0, 0.1) is 6.92 Å². The first-order valence-corrected chi connectivity index (χ1v) is 7.03. The van der Waals surface area contributed by atoms with Crippen molar-refractivity contribution < 1.29 is 9.53 Å². The number of anilines is 2. The minimum atomic E-state index is 0.692. The number of carbonyl (C=O) groups excluding carboxylic acids is 1. The lowest BCUT2D eigenvalue weighted by atomic mass is 10.2. The summed E-state index contributed by atoms with van der Waals surface area (Å²) in [6, 6.07) is 7.95. The van der Waals surface area contributed by atoms with Crippen molar-refractivity contribution in [3.63, 3.8) is 0 Å². The number of carbonyl (C=O) groups is 1. The molecule has 0 N–H and O–H groups in total. The topological polar surface area (TPSA) is 42.4 Å². The molecule has 2 heterocycles. The molecule has 3 rings (SSSR count). The molecule has 1 aliphatic heterocycles. The molecule has 0 aliphatic carbocycles. The van der Waals surface area contributed by atoms with Crippen molar-refractivity contribution in [2.24, 2.45) is 0 Å². The molecule has 2 aromatic rings. The minimum Gasteiger partial charge on any atom is -0.491 e. The molecule has 19 heavy (non-hydrogen) atoms. The smallest absolute Gasteiger partial charge is 0.190 e. The lowest BCUT2D eigenvalue weighted by molar-refractivity contribution is 0.112. The van der Waals surface area contributed by atoms with Crippen LogP contribution in [0.4, 0.5) is 10.8 Å². The average molecular weight is 274 g/mol. The minimum absolute atomic E-state index is 0.692. The summed E-state index contributed by atoms with van der Waals surface area (Å²) < 4.78 is 5.73. The lowest BCUT2D eigenvalue weighted by Crippen LogP contribution is -2.17. The highest BCUT2D eigenvalue weighted by atomic mass is 32.1. The summed E-state index contributed by atoms with van der Waals surface area (Å²) in [5, 5.41) is 0.859. The molecule has 98 valence electrons. The number of thiazole rings is 1. The molecule has 1 aromatic heterocycles. The molecule has 1 aliphatic rings. The maximum absolute atomic E-state index is 11.0. The van der Waals surface area contributed by atoms with Crippen molar-refractivity contribution in [1.29, 1.82) is 0 Å². The van der Waals surface area contributed by atoms with Gasteiger partial charge >= 0.3 is 0 Å². The van der Waals surface area contributed by atoms with Crippen LogP contribution in [0.2, 0.25) is 0 Å². The van der Waals surface area contributed by atoms with Gasteiger partial charge in [-0.3, -0.25) is 4.79 Å². The fraction of sp³-hybridized carbons (Fsp3) is 0.286. The number of para-hydroxylation sites is 2. The highest BCUT2D eigenvalue weighted by molar-refractivity contribution is 7.17. The summed E-state index contributed by atoms with van der Waals surface area (Å²) in [6.07, 6.45) is 1.81.